The van der Waals surface area contributed by atoms with Crippen molar-refractivity contribution in [2.75, 3.05) is 13.2 Å². The van der Waals surface area contributed by atoms with Gasteiger partial charge in [0.15, 0.2) is 0 Å². The molecule has 0 aliphatic carbocycles. The van der Waals surface area contributed by atoms with Gasteiger partial charge < -0.3 is 25.2 Å². The lowest BCUT2D eigenvalue weighted by Crippen LogP contribution is -2.45. The SMILES string of the molecule is C=CC[C@@H](CC(=O)N[C@H](CO)Cc1ccccc1)C(=O)N[C@@H](COC(=O)[C@@H](CC=C)CC(=O)OC(C)(C)C)Cc1ccccc1. The van der Waals surface area contributed by atoms with Crippen molar-refractivity contribution in [1.82, 2.24) is 10.6 Å². The fourth-order valence-corrected chi connectivity index (χ4v) is 4.77. The first-order valence-electron chi connectivity index (χ1n) is 15.3. The summed E-state index contributed by atoms with van der Waals surface area (Å²) >= 11 is 0. The lowest BCUT2D eigenvalue weighted by molar-refractivity contribution is -0.161. The Hall–Kier alpha value is -4.24. The first-order valence-corrected chi connectivity index (χ1v) is 15.3. The average molecular weight is 621 g/mol. The zero-order valence-electron chi connectivity index (χ0n) is 26.7. The number of carbonyl (C=O) groups excluding carboxylic acids is 4. The average Bonchev–Trinajstić information content (AvgIpc) is 2.99. The van der Waals surface area contributed by atoms with Crippen LogP contribution in [0, 0.1) is 11.8 Å². The molecule has 0 aliphatic rings. The van der Waals surface area contributed by atoms with Crippen LogP contribution in [0.15, 0.2) is 86.0 Å². The third-order valence-electron chi connectivity index (χ3n) is 6.88. The van der Waals surface area contributed by atoms with Gasteiger partial charge >= 0.3 is 11.9 Å². The number of rotatable bonds is 19. The molecule has 4 atom stereocenters. The van der Waals surface area contributed by atoms with E-state index in [2.05, 4.69) is 23.8 Å². The summed E-state index contributed by atoms with van der Waals surface area (Å²) in [6.45, 7) is 12.3. The highest BCUT2D eigenvalue weighted by Gasteiger charge is 2.28. The molecule has 0 bridgehead atoms. The second-order valence-electron chi connectivity index (χ2n) is 12.1. The quantitative estimate of drug-likeness (QED) is 0.156. The Morgan fingerprint density at radius 3 is 1.84 bits per heavy atom. The van der Waals surface area contributed by atoms with Crippen LogP contribution in [-0.2, 0) is 41.5 Å². The normalized spacial score (nSPS) is 13.8. The smallest absolute Gasteiger partial charge is 0.309 e. The van der Waals surface area contributed by atoms with Gasteiger partial charge in [-0.1, -0.05) is 72.8 Å². The molecule has 244 valence electrons. The Kier molecular flexibility index (Phi) is 15.8. The van der Waals surface area contributed by atoms with Crippen molar-refractivity contribution < 1.29 is 33.8 Å². The van der Waals surface area contributed by atoms with Crippen LogP contribution in [-0.4, -0.2) is 59.8 Å². The van der Waals surface area contributed by atoms with Crippen molar-refractivity contribution in [2.24, 2.45) is 11.8 Å². The van der Waals surface area contributed by atoms with Crippen LogP contribution >= 0.6 is 0 Å². The van der Waals surface area contributed by atoms with Crippen molar-refractivity contribution in [2.45, 2.75) is 77.0 Å². The van der Waals surface area contributed by atoms with Gasteiger partial charge in [0.2, 0.25) is 11.8 Å². The molecule has 2 rings (SSSR count). The first-order chi connectivity index (χ1) is 21.4. The number of allylic oxidation sites excluding steroid dienone is 2. The molecule has 3 N–H and O–H groups in total. The molecule has 45 heavy (non-hydrogen) atoms. The number of carbonyl (C=O) groups is 4. The standard InChI is InChI=1S/C36H48N2O7/c1-6-14-28(22-32(40)37-30(24-39)20-26-16-10-8-11-17-26)34(42)38-31(21-27-18-12-9-13-19-27)25-44-35(43)29(15-7-2)23-33(41)45-36(3,4)5/h6-13,16-19,28-31,39H,1-2,14-15,20-25H2,3-5H3,(H,37,40)(H,38,42)/t28-,29-,30-,31+/m0/s1. The lowest BCUT2D eigenvalue weighted by Gasteiger charge is -2.24. The Labute approximate surface area is 267 Å². The minimum atomic E-state index is -0.780. The van der Waals surface area contributed by atoms with E-state index in [0.717, 1.165) is 11.1 Å². The van der Waals surface area contributed by atoms with Crippen LogP contribution in [0.1, 0.15) is 57.6 Å². The minimum absolute atomic E-state index is 0.113. The van der Waals surface area contributed by atoms with Crippen molar-refractivity contribution >= 4 is 23.8 Å². The predicted molar refractivity (Wildman–Crippen MR) is 174 cm³/mol. The van der Waals surface area contributed by atoms with Crippen molar-refractivity contribution in [3.63, 3.8) is 0 Å². The zero-order valence-corrected chi connectivity index (χ0v) is 26.7. The summed E-state index contributed by atoms with van der Waals surface area (Å²) in [5.74, 6) is -3.37. The summed E-state index contributed by atoms with van der Waals surface area (Å²) in [5.41, 5.74) is 1.20. The maximum atomic E-state index is 13.5. The number of hydrogen-bond acceptors (Lipinski definition) is 7. The summed E-state index contributed by atoms with van der Waals surface area (Å²) in [6, 6.07) is 17.8. The molecular formula is C36H48N2O7. The van der Waals surface area contributed by atoms with Gasteiger partial charge in [-0.3, -0.25) is 19.2 Å². The van der Waals surface area contributed by atoms with Gasteiger partial charge in [0.1, 0.15) is 12.2 Å². The van der Waals surface area contributed by atoms with E-state index in [1.165, 1.54) is 0 Å². The topological polar surface area (TPSA) is 131 Å². The molecular weight excluding hydrogens is 572 g/mol. The number of benzene rings is 2. The van der Waals surface area contributed by atoms with E-state index in [0.29, 0.717) is 12.8 Å². The minimum Gasteiger partial charge on any atom is -0.463 e. The molecule has 0 aliphatic heterocycles. The van der Waals surface area contributed by atoms with Gasteiger partial charge in [0, 0.05) is 6.42 Å². The van der Waals surface area contributed by atoms with E-state index < -0.39 is 41.5 Å². The number of aliphatic hydroxyl groups is 1. The number of hydrogen-bond donors (Lipinski definition) is 3. The van der Waals surface area contributed by atoms with E-state index >= 15 is 0 Å². The molecule has 0 radical (unpaired) electrons. The lowest BCUT2D eigenvalue weighted by atomic mass is 9.97. The maximum Gasteiger partial charge on any atom is 0.309 e. The first kappa shape index (κ1) is 36.9. The van der Waals surface area contributed by atoms with Gasteiger partial charge in [-0.25, -0.2) is 0 Å². The summed E-state index contributed by atoms with van der Waals surface area (Å²) in [7, 11) is 0. The number of aliphatic hydroxyl groups excluding tert-OH is 1. The number of ether oxygens (including phenoxy) is 2. The Bertz CT molecular complexity index is 1240. The zero-order chi connectivity index (χ0) is 33.2. The van der Waals surface area contributed by atoms with E-state index in [1.807, 2.05) is 60.7 Å². The van der Waals surface area contributed by atoms with Gasteiger partial charge in [-0.15, -0.1) is 13.2 Å². The molecule has 0 aromatic heterocycles. The van der Waals surface area contributed by atoms with Gasteiger partial charge in [0.25, 0.3) is 0 Å². The molecule has 0 saturated heterocycles. The second-order valence-corrected chi connectivity index (χ2v) is 12.1. The largest absolute Gasteiger partial charge is 0.463 e. The molecule has 2 amide bonds. The highest BCUT2D eigenvalue weighted by molar-refractivity contribution is 5.86. The molecule has 0 saturated carbocycles. The highest BCUT2D eigenvalue weighted by atomic mass is 16.6. The fraction of sp³-hybridized carbons (Fsp3) is 0.444. The molecule has 9 nitrogen and oxygen atoms in total. The summed E-state index contributed by atoms with van der Waals surface area (Å²) in [6.07, 6.45) is 4.15. The number of nitrogens with one attached hydrogen (secondary N) is 2. The fourth-order valence-electron chi connectivity index (χ4n) is 4.77. The summed E-state index contributed by atoms with van der Waals surface area (Å²) in [5, 5.41) is 15.6. The van der Waals surface area contributed by atoms with Crippen LogP contribution < -0.4 is 10.6 Å². The van der Waals surface area contributed by atoms with Crippen LogP contribution in [0.3, 0.4) is 0 Å². The Morgan fingerprint density at radius 1 is 0.800 bits per heavy atom. The molecule has 0 heterocycles. The van der Waals surface area contributed by atoms with E-state index in [9.17, 15) is 24.3 Å². The van der Waals surface area contributed by atoms with Crippen molar-refractivity contribution in [3.05, 3.63) is 97.1 Å². The summed E-state index contributed by atoms with van der Waals surface area (Å²) < 4.78 is 11.0. The van der Waals surface area contributed by atoms with Crippen molar-refractivity contribution in [3.8, 4) is 0 Å². The number of amides is 2. The molecule has 0 unspecified atom stereocenters. The van der Waals surface area contributed by atoms with E-state index in [1.54, 1.807) is 32.9 Å². The molecule has 2 aromatic carbocycles. The summed E-state index contributed by atoms with van der Waals surface area (Å²) in [4.78, 5) is 51.9. The van der Waals surface area contributed by atoms with Crippen molar-refractivity contribution in [1.29, 1.82) is 0 Å². The third-order valence-corrected chi connectivity index (χ3v) is 6.88. The number of esters is 2. The molecule has 0 spiro atoms. The van der Waals surface area contributed by atoms with Gasteiger partial charge in [-0.2, -0.15) is 0 Å². The van der Waals surface area contributed by atoms with Crippen LogP contribution in [0.2, 0.25) is 0 Å². The molecule has 9 heteroatoms. The van der Waals surface area contributed by atoms with Gasteiger partial charge in [0.05, 0.1) is 36.9 Å². The highest BCUT2D eigenvalue weighted by Crippen LogP contribution is 2.18. The Balaban J connectivity index is 2.09. The maximum absolute atomic E-state index is 13.5. The Morgan fingerprint density at radius 2 is 1.33 bits per heavy atom. The van der Waals surface area contributed by atoms with Crippen LogP contribution in [0.4, 0.5) is 0 Å². The monoisotopic (exact) mass is 620 g/mol. The van der Waals surface area contributed by atoms with Gasteiger partial charge in [-0.05, 0) is 57.6 Å². The molecule has 2 aromatic rings. The van der Waals surface area contributed by atoms with E-state index in [4.69, 9.17) is 9.47 Å². The van der Waals surface area contributed by atoms with Crippen LogP contribution in [0.5, 0.6) is 0 Å². The third kappa shape index (κ3) is 14.9. The second kappa shape index (κ2) is 19.2. The van der Waals surface area contributed by atoms with Crippen LogP contribution in [0.25, 0.3) is 0 Å². The molecule has 0 fully saturated rings. The van der Waals surface area contributed by atoms with E-state index in [-0.39, 0.29) is 50.7 Å². The predicted octanol–water partition coefficient (Wildman–Crippen LogP) is 4.48.